The molecule has 434 valence electrons. The number of ketones is 1. The second-order valence-electron chi connectivity index (χ2n) is 19.5. The van der Waals surface area contributed by atoms with E-state index >= 15 is 0 Å². The van der Waals surface area contributed by atoms with Crippen LogP contribution in [0.3, 0.4) is 0 Å². The molecule has 3 amide bonds. The Labute approximate surface area is 453 Å². The number of hydrogen-bond donors (Lipinski definition) is 9. The molecule has 28 heteroatoms. The second kappa shape index (κ2) is 31.4. The monoisotopic (exact) mass is 1140 g/mol. The number of unbranched alkanes of at least 4 members (excludes halogenated alkanes) is 1. The first-order valence-electron chi connectivity index (χ1n) is 25.9. The third kappa shape index (κ3) is 23.0. The van der Waals surface area contributed by atoms with Crippen molar-refractivity contribution in [2.75, 3.05) is 77.8 Å². The highest BCUT2D eigenvalue weighted by Gasteiger charge is 2.32. The van der Waals surface area contributed by atoms with Crippen molar-refractivity contribution in [1.82, 2.24) is 40.4 Å². The van der Waals surface area contributed by atoms with Crippen molar-refractivity contribution in [1.29, 1.82) is 0 Å². The van der Waals surface area contributed by atoms with Gasteiger partial charge in [-0.05, 0) is 113 Å². The van der Waals surface area contributed by atoms with Gasteiger partial charge in [0.15, 0.2) is 5.78 Å². The number of aromatic nitrogens is 1. The third-order valence-electron chi connectivity index (χ3n) is 13.2. The standard InChI is InChI=1S/C50H74N8O18S2/c1-33-27-37(28-34(2)48(33)78(74,75)55-39(49(67)68)29-52-44(61)13-6-4-10-36-16-15-35-9-3-5-11-38(35)53-36)76-26-8-14-43(60)51-19-7-12-42(59)40(32-77(71,72)73)54-45(62)18-17-41(50(69)70)58-24-22-56(30-46(63)64)20-21-57(23-25-58)31-47(65)66/h15-16,27-28,39-41,55H,3-14,17-26,29-32H2,1-2H3,(H,51,60)(H,52,61)(H,54,62)(H,63,64)(H,65,66)(H,67,68)(H,69,70)(H,71,72,73)/t39-,40-,41+/m0/s1. The second-order valence-corrected chi connectivity index (χ2v) is 22.7. The molecule has 2 aliphatic rings. The molecule has 0 spiro atoms. The van der Waals surface area contributed by atoms with Crippen LogP contribution in [-0.4, -0.2) is 205 Å². The van der Waals surface area contributed by atoms with Gasteiger partial charge in [-0.2, -0.15) is 13.1 Å². The van der Waals surface area contributed by atoms with Crippen LogP contribution in [0.2, 0.25) is 0 Å². The van der Waals surface area contributed by atoms with Gasteiger partial charge in [0.1, 0.15) is 29.6 Å². The molecule has 4 rings (SSSR count). The Hall–Kier alpha value is -6.17. The molecule has 78 heavy (non-hydrogen) atoms. The van der Waals surface area contributed by atoms with Crippen LogP contribution in [0.25, 0.3) is 0 Å². The SMILES string of the molecule is Cc1cc(OCCCC(=O)NCCCC(=O)[C@H](CS(=O)(=O)O)NC(=O)CC[C@H](C(=O)O)N2CCN(CC(=O)O)CCN(CC(=O)O)CC2)cc(C)c1S(=O)(=O)N[C@@H](CNC(=O)CCCCc1ccc2c(n1)CCCC2)C(=O)O. The van der Waals surface area contributed by atoms with Crippen molar-refractivity contribution in [2.45, 2.75) is 127 Å². The summed E-state index contributed by atoms with van der Waals surface area (Å²) >= 11 is 0. The Bertz CT molecular complexity index is 2620. The number of aryl methyl sites for hydroxylation is 5. The fourth-order valence-electron chi connectivity index (χ4n) is 9.27. The largest absolute Gasteiger partial charge is 0.494 e. The molecule has 1 saturated heterocycles. The molecule has 26 nitrogen and oxygen atoms in total. The number of nitrogens with zero attached hydrogens (tertiary/aromatic N) is 4. The molecule has 1 fully saturated rings. The highest BCUT2D eigenvalue weighted by Crippen LogP contribution is 2.27. The Morgan fingerprint density at radius 3 is 1.90 bits per heavy atom. The minimum Gasteiger partial charge on any atom is -0.494 e. The first-order chi connectivity index (χ1) is 36.8. The van der Waals surface area contributed by atoms with Crippen molar-refractivity contribution in [3.63, 3.8) is 0 Å². The van der Waals surface area contributed by atoms with E-state index in [0.29, 0.717) is 19.3 Å². The van der Waals surface area contributed by atoms with E-state index in [4.69, 9.17) is 9.72 Å². The fraction of sp³-hybridized carbons (Fsp3) is 0.620. The van der Waals surface area contributed by atoms with Crippen LogP contribution in [-0.2, 0) is 77.8 Å². The van der Waals surface area contributed by atoms with Gasteiger partial charge in [0, 0.05) is 89.4 Å². The summed E-state index contributed by atoms with van der Waals surface area (Å²) in [5.41, 5.74) is 3.88. The minimum absolute atomic E-state index is 0.00609. The average Bonchev–Trinajstić information content (AvgIpc) is 3.44. The van der Waals surface area contributed by atoms with Crippen LogP contribution in [0.1, 0.15) is 98.7 Å². The number of ether oxygens (including phenoxy) is 1. The van der Waals surface area contributed by atoms with Gasteiger partial charge < -0.3 is 41.1 Å². The predicted octanol–water partition coefficient (Wildman–Crippen LogP) is 0.157. The van der Waals surface area contributed by atoms with Gasteiger partial charge in [-0.1, -0.05) is 6.07 Å². The molecule has 2 heterocycles. The maximum absolute atomic E-state index is 13.5. The van der Waals surface area contributed by atoms with Gasteiger partial charge in [-0.15, -0.1) is 0 Å². The van der Waals surface area contributed by atoms with Crippen molar-refractivity contribution < 1.29 is 84.9 Å². The maximum Gasteiger partial charge on any atom is 0.323 e. The molecule has 9 N–H and O–H groups in total. The van der Waals surface area contributed by atoms with E-state index < -0.39 is 104 Å². The smallest absolute Gasteiger partial charge is 0.323 e. The summed E-state index contributed by atoms with van der Waals surface area (Å²) in [5.74, 6) is -8.51. The topological polar surface area (TPSA) is 386 Å². The van der Waals surface area contributed by atoms with E-state index in [1.807, 2.05) is 6.07 Å². The molecule has 1 aliphatic heterocycles. The lowest BCUT2D eigenvalue weighted by atomic mass is 9.95. The number of sulfonamides is 1. The first-order valence-corrected chi connectivity index (χ1v) is 29.0. The Balaban J connectivity index is 1.18. The van der Waals surface area contributed by atoms with E-state index in [0.717, 1.165) is 37.1 Å². The Morgan fingerprint density at radius 2 is 1.29 bits per heavy atom. The summed E-state index contributed by atoms with van der Waals surface area (Å²) in [6, 6.07) is 2.34. The molecule has 1 aliphatic carbocycles. The van der Waals surface area contributed by atoms with Gasteiger partial charge in [0.25, 0.3) is 10.1 Å². The van der Waals surface area contributed by atoms with E-state index in [1.165, 1.54) is 46.2 Å². The zero-order chi connectivity index (χ0) is 57.6. The lowest BCUT2D eigenvalue weighted by molar-refractivity contribution is -0.145. The van der Waals surface area contributed by atoms with Crippen molar-refractivity contribution in [3.05, 3.63) is 52.3 Å². The lowest BCUT2D eigenvalue weighted by Gasteiger charge is -2.30. The number of amides is 3. The molecule has 0 saturated carbocycles. The van der Waals surface area contributed by atoms with E-state index in [9.17, 15) is 80.2 Å². The zero-order valence-corrected chi connectivity index (χ0v) is 45.7. The summed E-state index contributed by atoms with van der Waals surface area (Å²) in [6.45, 7) is 2.56. The number of Topliss-reactive ketones (excluding diaryl/α,β-unsaturated/α-hetero) is 1. The van der Waals surface area contributed by atoms with Gasteiger partial charge in [0.2, 0.25) is 27.7 Å². The number of carboxylic acids is 4. The highest BCUT2D eigenvalue weighted by atomic mass is 32.2. The molecule has 1 aromatic carbocycles. The lowest BCUT2D eigenvalue weighted by Crippen LogP contribution is -2.48. The van der Waals surface area contributed by atoms with Crippen LogP contribution in [0, 0.1) is 13.8 Å². The molecule has 2 aromatic rings. The van der Waals surface area contributed by atoms with Crippen molar-refractivity contribution in [3.8, 4) is 5.75 Å². The normalized spacial score (nSPS) is 16.0. The summed E-state index contributed by atoms with van der Waals surface area (Å²) in [6.07, 6.45) is 5.37. The number of carboxylic acid groups (broad SMARTS) is 4. The van der Waals surface area contributed by atoms with Crippen LogP contribution < -0.4 is 25.4 Å². The third-order valence-corrected chi connectivity index (χ3v) is 15.7. The molecular formula is C50H74N8O18S2. The first kappa shape index (κ1) is 64.4. The Kier molecular flexibility index (Phi) is 25.9. The molecule has 0 unspecified atom stereocenters. The van der Waals surface area contributed by atoms with Gasteiger partial charge in [-0.3, -0.25) is 62.6 Å². The molecule has 0 radical (unpaired) electrons. The molecule has 1 aromatic heterocycles. The minimum atomic E-state index is -4.80. The van der Waals surface area contributed by atoms with E-state index in [1.54, 1.807) is 0 Å². The van der Waals surface area contributed by atoms with E-state index in [2.05, 4.69) is 26.7 Å². The molecule has 0 bridgehead atoms. The van der Waals surface area contributed by atoms with Crippen LogP contribution in [0.4, 0.5) is 0 Å². The number of rotatable bonds is 33. The van der Waals surface area contributed by atoms with Crippen LogP contribution in [0.15, 0.2) is 29.2 Å². The quantitative estimate of drug-likeness (QED) is 0.0339. The van der Waals surface area contributed by atoms with Crippen LogP contribution in [0.5, 0.6) is 5.75 Å². The van der Waals surface area contributed by atoms with Gasteiger partial charge >= 0.3 is 23.9 Å². The fourth-order valence-corrected chi connectivity index (χ4v) is 11.6. The number of carbonyl (C=O) groups excluding carboxylic acids is 4. The number of aliphatic carboxylic acids is 4. The summed E-state index contributed by atoms with van der Waals surface area (Å²) in [4.78, 5) is 108. The average molecular weight is 1140 g/mol. The molecular weight excluding hydrogens is 1060 g/mol. The highest BCUT2D eigenvalue weighted by molar-refractivity contribution is 7.89. The molecule has 3 atom stereocenters. The van der Waals surface area contributed by atoms with E-state index in [-0.39, 0.29) is 126 Å². The summed E-state index contributed by atoms with van der Waals surface area (Å²) in [5, 5.41) is 46.0. The number of pyridine rings is 1. The predicted molar refractivity (Wildman–Crippen MR) is 280 cm³/mol. The van der Waals surface area contributed by atoms with Crippen LogP contribution >= 0.6 is 0 Å². The number of hydrogen-bond acceptors (Lipinski definition) is 17. The van der Waals surface area contributed by atoms with Gasteiger partial charge in [0.05, 0.1) is 24.6 Å². The van der Waals surface area contributed by atoms with Crippen molar-refractivity contribution >= 4 is 67.5 Å². The number of carbonyl (C=O) groups is 8. The number of nitrogens with one attached hydrogen (secondary N) is 4. The number of benzene rings is 1. The Morgan fingerprint density at radius 1 is 0.692 bits per heavy atom. The number of fused-ring (bicyclic) bond motifs is 1. The summed E-state index contributed by atoms with van der Waals surface area (Å²) < 4.78 is 68.1. The zero-order valence-electron chi connectivity index (χ0n) is 44.1. The maximum atomic E-state index is 13.5. The summed E-state index contributed by atoms with van der Waals surface area (Å²) in [7, 11) is -9.20. The van der Waals surface area contributed by atoms with Gasteiger partial charge in [-0.25, -0.2) is 8.42 Å². The van der Waals surface area contributed by atoms with Crippen molar-refractivity contribution in [2.24, 2.45) is 0 Å².